The molecule has 2 aliphatic heterocycles. The molecule has 0 aliphatic carbocycles. The first-order chi connectivity index (χ1) is 11.5. The largest absolute Gasteiger partial charge is 0.490 e. The molecule has 24 heavy (non-hydrogen) atoms. The van der Waals surface area contributed by atoms with Crippen LogP contribution in [0.25, 0.3) is 0 Å². The number of hydrogen-bond acceptors (Lipinski definition) is 5. The van der Waals surface area contributed by atoms with E-state index in [9.17, 15) is 15.0 Å². The monoisotopic (exact) mass is 335 g/mol. The SMILES string of the molecule is CCN(C(=O)Cc1ccc2c(c1)C[C@H](C)O2)[C@@H]1COC[C@@H](O)[C@H]1O. The Kier molecular flexibility index (Phi) is 5.08. The van der Waals surface area contributed by atoms with Crippen molar-refractivity contribution in [3.63, 3.8) is 0 Å². The fourth-order valence-electron chi connectivity index (χ4n) is 3.49. The maximum absolute atomic E-state index is 12.7. The lowest BCUT2D eigenvalue weighted by molar-refractivity contribution is -0.155. The van der Waals surface area contributed by atoms with Gasteiger partial charge in [0.15, 0.2) is 0 Å². The van der Waals surface area contributed by atoms with Crippen LogP contribution in [-0.2, 0) is 22.4 Å². The Morgan fingerprint density at radius 1 is 1.33 bits per heavy atom. The Labute approximate surface area is 142 Å². The molecule has 6 heteroatoms. The van der Waals surface area contributed by atoms with E-state index in [0.717, 1.165) is 23.3 Å². The standard InChI is InChI=1S/C18H25NO5/c1-3-19(14-9-23-10-15(20)18(14)22)17(21)8-12-4-5-16-13(7-12)6-11(2)24-16/h4-5,7,11,14-15,18,20,22H,3,6,8-10H2,1-2H3/t11-,14+,15+,18-/m0/s1. The van der Waals surface area contributed by atoms with E-state index in [0.29, 0.717) is 6.54 Å². The minimum Gasteiger partial charge on any atom is -0.490 e. The summed E-state index contributed by atoms with van der Waals surface area (Å²) in [5, 5.41) is 19.9. The first kappa shape index (κ1) is 17.2. The smallest absolute Gasteiger partial charge is 0.227 e. The number of likely N-dealkylation sites (N-methyl/N-ethyl adjacent to an activating group) is 1. The predicted octanol–water partition coefficient (Wildman–Crippen LogP) is 0.522. The lowest BCUT2D eigenvalue weighted by atomic mass is 10.0. The Hall–Kier alpha value is -1.63. The summed E-state index contributed by atoms with van der Waals surface area (Å²) in [6.07, 6.45) is -0.638. The third-order valence-electron chi connectivity index (χ3n) is 4.74. The fraction of sp³-hybridized carbons (Fsp3) is 0.611. The van der Waals surface area contributed by atoms with Gasteiger partial charge in [-0.25, -0.2) is 0 Å². The summed E-state index contributed by atoms with van der Waals surface area (Å²) in [4.78, 5) is 14.3. The highest BCUT2D eigenvalue weighted by Gasteiger charge is 2.36. The Bertz CT molecular complexity index is 605. The van der Waals surface area contributed by atoms with E-state index in [1.54, 1.807) is 4.90 Å². The fourth-order valence-corrected chi connectivity index (χ4v) is 3.49. The highest BCUT2D eigenvalue weighted by Crippen LogP contribution is 2.29. The van der Waals surface area contributed by atoms with Crippen molar-refractivity contribution in [1.82, 2.24) is 4.90 Å². The number of ether oxygens (including phenoxy) is 2. The van der Waals surface area contributed by atoms with Crippen molar-refractivity contribution in [2.45, 2.75) is 51.0 Å². The van der Waals surface area contributed by atoms with Crippen LogP contribution in [0, 0.1) is 0 Å². The molecular formula is C18H25NO5. The van der Waals surface area contributed by atoms with Crippen LogP contribution < -0.4 is 4.74 Å². The molecule has 0 spiro atoms. The molecule has 2 heterocycles. The van der Waals surface area contributed by atoms with Crippen molar-refractivity contribution in [1.29, 1.82) is 0 Å². The van der Waals surface area contributed by atoms with E-state index < -0.39 is 18.2 Å². The molecule has 0 saturated carbocycles. The van der Waals surface area contributed by atoms with E-state index in [2.05, 4.69) is 0 Å². The van der Waals surface area contributed by atoms with Crippen LogP contribution in [-0.4, -0.2) is 65.1 Å². The highest BCUT2D eigenvalue weighted by atomic mass is 16.5. The van der Waals surface area contributed by atoms with Gasteiger partial charge in [0.1, 0.15) is 24.1 Å². The average Bonchev–Trinajstić information content (AvgIpc) is 2.91. The predicted molar refractivity (Wildman–Crippen MR) is 87.9 cm³/mol. The van der Waals surface area contributed by atoms with Gasteiger partial charge < -0.3 is 24.6 Å². The molecule has 132 valence electrons. The second-order valence-corrected chi connectivity index (χ2v) is 6.59. The number of carbonyl (C=O) groups excluding carboxylic acids is 1. The number of aliphatic hydroxyl groups is 2. The van der Waals surface area contributed by atoms with Crippen molar-refractivity contribution in [2.75, 3.05) is 19.8 Å². The van der Waals surface area contributed by atoms with Crippen molar-refractivity contribution < 1.29 is 24.5 Å². The second-order valence-electron chi connectivity index (χ2n) is 6.59. The molecule has 1 fully saturated rings. The summed E-state index contributed by atoms with van der Waals surface area (Å²) in [6, 6.07) is 5.34. The zero-order valence-electron chi connectivity index (χ0n) is 14.1. The molecule has 1 saturated heterocycles. The maximum Gasteiger partial charge on any atom is 0.227 e. The van der Waals surface area contributed by atoms with Gasteiger partial charge in [0.25, 0.3) is 0 Å². The van der Waals surface area contributed by atoms with E-state index in [-0.39, 0.29) is 31.6 Å². The van der Waals surface area contributed by atoms with Gasteiger partial charge >= 0.3 is 0 Å². The number of amides is 1. The first-order valence-corrected chi connectivity index (χ1v) is 8.51. The molecule has 2 N–H and O–H groups in total. The van der Waals surface area contributed by atoms with Crippen LogP contribution in [0.3, 0.4) is 0 Å². The van der Waals surface area contributed by atoms with Crippen LogP contribution >= 0.6 is 0 Å². The third-order valence-corrected chi connectivity index (χ3v) is 4.74. The van der Waals surface area contributed by atoms with Crippen LogP contribution in [0.1, 0.15) is 25.0 Å². The van der Waals surface area contributed by atoms with Gasteiger partial charge in [-0.05, 0) is 31.0 Å². The zero-order chi connectivity index (χ0) is 17.3. The molecule has 1 amide bonds. The second kappa shape index (κ2) is 7.09. The van der Waals surface area contributed by atoms with Gasteiger partial charge in [-0.15, -0.1) is 0 Å². The average molecular weight is 335 g/mol. The number of benzene rings is 1. The Morgan fingerprint density at radius 2 is 2.12 bits per heavy atom. The van der Waals surface area contributed by atoms with Crippen molar-refractivity contribution >= 4 is 5.91 Å². The topological polar surface area (TPSA) is 79.2 Å². The van der Waals surface area contributed by atoms with Gasteiger partial charge in [-0.3, -0.25) is 4.79 Å². The summed E-state index contributed by atoms with van der Waals surface area (Å²) in [7, 11) is 0. The molecule has 0 unspecified atom stereocenters. The van der Waals surface area contributed by atoms with Crippen LogP contribution in [0.4, 0.5) is 0 Å². The van der Waals surface area contributed by atoms with Crippen LogP contribution in [0.15, 0.2) is 18.2 Å². The minimum absolute atomic E-state index is 0.0776. The summed E-state index contributed by atoms with van der Waals surface area (Å²) >= 11 is 0. The van der Waals surface area contributed by atoms with Crippen molar-refractivity contribution in [3.05, 3.63) is 29.3 Å². The van der Waals surface area contributed by atoms with E-state index in [1.165, 1.54) is 0 Å². The minimum atomic E-state index is -0.975. The molecule has 0 bridgehead atoms. The number of hydrogen-bond donors (Lipinski definition) is 2. The van der Waals surface area contributed by atoms with E-state index in [1.807, 2.05) is 32.0 Å². The summed E-state index contributed by atoms with van der Waals surface area (Å²) in [5.74, 6) is 0.816. The Balaban J connectivity index is 1.70. The summed E-state index contributed by atoms with van der Waals surface area (Å²) in [5.41, 5.74) is 2.06. The molecule has 0 aromatic heterocycles. The quantitative estimate of drug-likeness (QED) is 0.839. The summed E-state index contributed by atoms with van der Waals surface area (Å²) < 4.78 is 11.0. The lowest BCUT2D eigenvalue weighted by Gasteiger charge is -2.39. The van der Waals surface area contributed by atoms with Gasteiger partial charge in [-0.1, -0.05) is 12.1 Å². The van der Waals surface area contributed by atoms with Crippen molar-refractivity contribution in [3.8, 4) is 5.75 Å². The van der Waals surface area contributed by atoms with Crippen LogP contribution in [0.5, 0.6) is 5.75 Å². The molecule has 1 aromatic carbocycles. The summed E-state index contributed by atoms with van der Waals surface area (Å²) in [6.45, 7) is 4.70. The normalized spacial score (nSPS) is 29.0. The van der Waals surface area contributed by atoms with Crippen molar-refractivity contribution in [2.24, 2.45) is 0 Å². The molecule has 4 atom stereocenters. The van der Waals surface area contributed by atoms with Gasteiger partial charge in [0.2, 0.25) is 5.91 Å². The van der Waals surface area contributed by atoms with E-state index >= 15 is 0 Å². The Morgan fingerprint density at radius 3 is 2.88 bits per heavy atom. The molecule has 6 nitrogen and oxygen atoms in total. The number of carbonyl (C=O) groups is 1. The molecule has 0 radical (unpaired) electrons. The van der Waals surface area contributed by atoms with E-state index in [4.69, 9.17) is 9.47 Å². The van der Waals surface area contributed by atoms with Gasteiger partial charge in [-0.2, -0.15) is 0 Å². The number of nitrogens with zero attached hydrogens (tertiary/aromatic N) is 1. The lowest BCUT2D eigenvalue weighted by Crippen LogP contribution is -2.57. The molecular weight excluding hydrogens is 310 g/mol. The van der Waals surface area contributed by atoms with Crippen LogP contribution in [0.2, 0.25) is 0 Å². The number of fused-ring (bicyclic) bond motifs is 1. The molecule has 2 aliphatic rings. The van der Waals surface area contributed by atoms with Gasteiger partial charge in [0, 0.05) is 13.0 Å². The maximum atomic E-state index is 12.7. The zero-order valence-corrected chi connectivity index (χ0v) is 14.1. The van der Waals surface area contributed by atoms with Gasteiger partial charge in [0.05, 0.1) is 25.7 Å². The first-order valence-electron chi connectivity index (χ1n) is 8.51. The third kappa shape index (κ3) is 3.41. The highest BCUT2D eigenvalue weighted by molar-refractivity contribution is 5.79. The number of rotatable bonds is 4. The molecule has 3 rings (SSSR count). The molecule has 1 aromatic rings. The number of aliphatic hydroxyl groups excluding tert-OH is 2.